The first kappa shape index (κ1) is 15.2. The van der Waals surface area contributed by atoms with Crippen molar-refractivity contribution in [2.24, 2.45) is 0 Å². The highest BCUT2D eigenvalue weighted by molar-refractivity contribution is 9.10. The van der Waals surface area contributed by atoms with Crippen molar-refractivity contribution in [3.8, 4) is 11.6 Å². The van der Waals surface area contributed by atoms with Gasteiger partial charge in [0.1, 0.15) is 16.1 Å². The molecule has 1 heterocycles. The number of hydrogen-bond donors (Lipinski definition) is 1. The minimum absolute atomic E-state index is 0.0803. The van der Waals surface area contributed by atoms with Crippen LogP contribution in [0.15, 0.2) is 28.7 Å². The number of benzene rings is 1. The van der Waals surface area contributed by atoms with Gasteiger partial charge in [-0.1, -0.05) is 13.0 Å². The van der Waals surface area contributed by atoms with Gasteiger partial charge in [0, 0.05) is 18.6 Å². The molecule has 0 amide bonds. The molecule has 0 fully saturated rings. The zero-order valence-electron chi connectivity index (χ0n) is 11.2. The molecule has 2 rings (SSSR count). The molecule has 21 heavy (non-hydrogen) atoms. The van der Waals surface area contributed by atoms with Crippen LogP contribution < -0.4 is 10.5 Å². The molecular formula is C13H13BrN4O3. The van der Waals surface area contributed by atoms with Gasteiger partial charge in [0.2, 0.25) is 5.88 Å². The van der Waals surface area contributed by atoms with Gasteiger partial charge in [-0.3, -0.25) is 10.1 Å². The summed E-state index contributed by atoms with van der Waals surface area (Å²) in [5, 5.41) is 10.9. The third-order valence-corrected chi connectivity index (χ3v) is 3.39. The number of nitrogens with zero attached hydrogens (tertiary/aromatic N) is 3. The second-order valence-corrected chi connectivity index (χ2v) is 5.04. The van der Waals surface area contributed by atoms with E-state index in [-0.39, 0.29) is 16.0 Å². The Morgan fingerprint density at radius 3 is 2.86 bits per heavy atom. The summed E-state index contributed by atoms with van der Waals surface area (Å²) in [4.78, 5) is 18.7. The van der Waals surface area contributed by atoms with Gasteiger partial charge in [-0.2, -0.15) is 4.98 Å². The number of rotatable bonds is 5. The van der Waals surface area contributed by atoms with Crippen LogP contribution in [0.3, 0.4) is 0 Å². The molecule has 2 N–H and O–H groups in total. The van der Waals surface area contributed by atoms with Crippen molar-refractivity contribution in [2.45, 2.75) is 19.8 Å². The van der Waals surface area contributed by atoms with Crippen molar-refractivity contribution in [1.29, 1.82) is 0 Å². The number of nitrogens with two attached hydrogens (primary N) is 1. The molecule has 0 spiro atoms. The molecule has 2 aromatic rings. The zero-order valence-corrected chi connectivity index (χ0v) is 12.8. The van der Waals surface area contributed by atoms with Crippen molar-refractivity contribution < 1.29 is 9.66 Å². The van der Waals surface area contributed by atoms with E-state index in [0.717, 1.165) is 6.42 Å². The Morgan fingerprint density at radius 1 is 1.43 bits per heavy atom. The van der Waals surface area contributed by atoms with Gasteiger partial charge >= 0.3 is 0 Å². The predicted molar refractivity (Wildman–Crippen MR) is 81.3 cm³/mol. The topological polar surface area (TPSA) is 104 Å². The van der Waals surface area contributed by atoms with Crippen LogP contribution in [-0.4, -0.2) is 14.9 Å². The van der Waals surface area contributed by atoms with E-state index in [9.17, 15) is 10.1 Å². The Bertz CT molecular complexity index is 678. The normalized spacial score (nSPS) is 10.4. The van der Waals surface area contributed by atoms with E-state index < -0.39 is 4.92 Å². The van der Waals surface area contributed by atoms with Gasteiger partial charge in [-0.05, 0) is 28.4 Å². The minimum Gasteiger partial charge on any atom is -0.437 e. The molecule has 7 nitrogen and oxygen atoms in total. The highest BCUT2D eigenvalue weighted by Gasteiger charge is 2.17. The van der Waals surface area contributed by atoms with Gasteiger partial charge in [0.05, 0.1) is 4.92 Å². The summed E-state index contributed by atoms with van der Waals surface area (Å²) in [6.07, 6.45) is 1.56. The molecule has 110 valence electrons. The van der Waals surface area contributed by atoms with Crippen LogP contribution >= 0.6 is 15.9 Å². The molecule has 0 bridgehead atoms. The second kappa shape index (κ2) is 6.49. The van der Waals surface area contributed by atoms with E-state index in [2.05, 4.69) is 25.9 Å². The molecule has 8 heteroatoms. The Labute approximate surface area is 129 Å². The summed E-state index contributed by atoms with van der Waals surface area (Å²) in [6, 6.07) is 6.00. The average molecular weight is 353 g/mol. The molecule has 0 radical (unpaired) electrons. The molecule has 0 atom stereocenters. The minimum atomic E-state index is -0.492. The lowest BCUT2D eigenvalue weighted by Gasteiger charge is -2.08. The molecule has 0 aliphatic rings. The van der Waals surface area contributed by atoms with Crippen molar-refractivity contribution in [1.82, 2.24) is 9.97 Å². The molecule has 0 aliphatic heterocycles. The maximum Gasteiger partial charge on any atom is 0.287 e. The summed E-state index contributed by atoms with van der Waals surface area (Å²) < 4.78 is 5.84. The number of halogens is 1. The van der Waals surface area contributed by atoms with Crippen LogP contribution in [0.2, 0.25) is 0 Å². The number of hydrogen-bond acceptors (Lipinski definition) is 6. The lowest BCUT2D eigenvalue weighted by molar-refractivity contribution is -0.385. The highest BCUT2D eigenvalue weighted by atomic mass is 79.9. The predicted octanol–water partition coefficient (Wildman–Crippen LogP) is 3.47. The monoisotopic (exact) mass is 352 g/mol. The van der Waals surface area contributed by atoms with Gasteiger partial charge in [0.15, 0.2) is 5.75 Å². The first-order valence-corrected chi connectivity index (χ1v) is 7.04. The number of nitro groups is 1. The molecule has 0 unspecified atom stereocenters. The van der Waals surface area contributed by atoms with Crippen molar-refractivity contribution in [3.63, 3.8) is 0 Å². The summed E-state index contributed by atoms with van der Waals surface area (Å²) in [5.74, 6) is 1.43. The Hall–Kier alpha value is -2.22. The quantitative estimate of drug-likeness (QED) is 0.652. The summed E-state index contributed by atoms with van der Waals surface area (Å²) in [5.41, 5.74) is 5.63. The Kier molecular flexibility index (Phi) is 4.69. The van der Waals surface area contributed by atoms with Crippen molar-refractivity contribution in [3.05, 3.63) is 44.7 Å². The Morgan fingerprint density at radius 2 is 2.19 bits per heavy atom. The van der Waals surface area contributed by atoms with Gasteiger partial charge in [0.25, 0.3) is 5.69 Å². The maximum atomic E-state index is 10.9. The number of nitro benzene ring substituents is 1. The third kappa shape index (κ3) is 3.66. The fourth-order valence-electron chi connectivity index (χ4n) is 1.71. The number of anilines is 1. The summed E-state index contributed by atoms with van der Waals surface area (Å²) >= 11 is 3.17. The van der Waals surface area contributed by atoms with Crippen LogP contribution in [0, 0.1) is 10.1 Å². The first-order valence-electron chi connectivity index (χ1n) is 6.25. The van der Waals surface area contributed by atoms with Crippen LogP contribution in [0.4, 0.5) is 11.5 Å². The zero-order chi connectivity index (χ0) is 15.4. The van der Waals surface area contributed by atoms with E-state index in [0.29, 0.717) is 23.8 Å². The smallest absolute Gasteiger partial charge is 0.287 e. The number of nitrogen functional groups attached to an aromatic ring is 1. The van der Waals surface area contributed by atoms with Crippen molar-refractivity contribution in [2.75, 3.05) is 5.73 Å². The maximum absolute atomic E-state index is 10.9. The highest BCUT2D eigenvalue weighted by Crippen LogP contribution is 2.36. The molecule has 1 aromatic carbocycles. The van der Waals surface area contributed by atoms with E-state index in [1.165, 1.54) is 18.2 Å². The lowest BCUT2D eigenvalue weighted by Crippen LogP contribution is -2.01. The lowest BCUT2D eigenvalue weighted by atomic mass is 10.3. The van der Waals surface area contributed by atoms with Crippen LogP contribution in [0.25, 0.3) is 0 Å². The Balaban J connectivity index is 2.34. The van der Waals surface area contributed by atoms with Gasteiger partial charge in [-0.15, -0.1) is 0 Å². The van der Waals surface area contributed by atoms with Gasteiger partial charge < -0.3 is 10.5 Å². The number of ether oxygens (including phenoxy) is 1. The first-order chi connectivity index (χ1) is 10.0. The van der Waals surface area contributed by atoms with E-state index in [1.807, 2.05) is 6.92 Å². The standard InChI is InChI=1S/C13H13BrN4O3/c1-2-4-11-16-10(15)7-12(17-11)21-9-6-3-5-8(13(9)14)18(19)20/h3,5-7H,2,4H2,1H3,(H2,15,16,17). The molecular weight excluding hydrogens is 340 g/mol. The largest absolute Gasteiger partial charge is 0.437 e. The van der Waals surface area contributed by atoms with E-state index in [1.54, 1.807) is 6.07 Å². The number of aryl methyl sites for hydroxylation is 1. The SMILES string of the molecule is CCCc1nc(N)cc(Oc2cccc([N+](=O)[O-])c2Br)n1. The molecule has 0 saturated carbocycles. The molecule has 0 saturated heterocycles. The summed E-state index contributed by atoms with van der Waals surface area (Å²) in [7, 11) is 0. The van der Waals surface area contributed by atoms with Crippen molar-refractivity contribution >= 4 is 27.4 Å². The fourth-order valence-corrected chi connectivity index (χ4v) is 2.20. The fraction of sp³-hybridized carbons (Fsp3) is 0.231. The second-order valence-electron chi connectivity index (χ2n) is 4.25. The summed E-state index contributed by atoms with van der Waals surface area (Å²) in [6.45, 7) is 2.00. The van der Waals surface area contributed by atoms with Gasteiger partial charge in [-0.25, -0.2) is 4.98 Å². The van der Waals surface area contributed by atoms with Crippen LogP contribution in [-0.2, 0) is 6.42 Å². The third-order valence-electron chi connectivity index (χ3n) is 2.60. The van der Waals surface area contributed by atoms with Crippen LogP contribution in [0.1, 0.15) is 19.2 Å². The van der Waals surface area contributed by atoms with E-state index in [4.69, 9.17) is 10.5 Å². The van der Waals surface area contributed by atoms with E-state index >= 15 is 0 Å². The number of aromatic nitrogens is 2. The molecule has 1 aromatic heterocycles. The van der Waals surface area contributed by atoms with Crippen LogP contribution in [0.5, 0.6) is 11.6 Å². The molecule has 0 aliphatic carbocycles. The average Bonchev–Trinajstić information content (AvgIpc) is 2.40.